The molecule has 0 unspecified atom stereocenters. The lowest BCUT2D eigenvalue weighted by Gasteiger charge is -2.25. The lowest BCUT2D eigenvalue weighted by atomic mass is 10.2. The zero-order valence-electron chi connectivity index (χ0n) is 18.0. The first-order valence-corrected chi connectivity index (χ1v) is 11.6. The van der Waals surface area contributed by atoms with Crippen LogP contribution in [0.3, 0.4) is 0 Å². The average molecular weight is 484 g/mol. The molecule has 1 aliphatic heterocycles. The fourth-order valence-corrected chi connectivity index (χ4v) is 4.21. The zero-order valence-corrected chi connectivity index (χ0v) is 18.8. The Morgan fingerprint density at radius 3 is 2.32 bits per heavy atom. The van der Waals surface area contributed by atoms with E-state index in [0.717, 1.165) is 0 Å². The van der Waals surface area contributed by atoms with Crippen molar-refractivity contribution < 1.29 is 32.2 Å². The Labute approximate surface area is 195 Å². The number of anilines is 1. The normalized spacial score (nSPS) is 14.6. The number of sulfonamides is 1. The van der Waals surface area contributed by atoms with Gasteiger partial charge < -0.3 is 14.2 Å². The number of methoxy groups -OCH3 is 1. The van der Waals surface area contributed by atoms with Crippen molar-refractivity contribution in [2.75, 3.05) is 18.4 Å². The molecular formula is C23H21N3O7S. The van der Waals surface area contributed by atoms with Gasteiger partial charge in [-0.05, 0) is 48.5 Å². The largest absolute Gasteiger partial charge is 0.495 e. The van der Waals surface area contributed by atoms with E-state index in [1.165, 1.54) is 31.4 Å². The summed E-state index contributed by atoms with van der Waals surface area (Å²) in [5.41, 5.74) is 4.99. The molecular weight excluding hydrogens is 462 g/mol. The summed E-state index contributed by atoms with van der Waals surface area (Å²) in [6, 6.07) is 18.7. The summed E-state index contributed by atoms with van der Waals surface area (Å²) in [4.78, 5) is 24.7. The van der Waals surface area contributed by atoms with Gasteiger partial charge in [0.15, 0.2) is 11.5 Å². The molecule has 11 heteroatoms. The number of amides is 2. The summed E-state index contributed by atoms with van der Waals surface area (Å²) < 4.78 is 44.0. The third-order valence-corrected chi connectivity index (χ3v) is 6.26. The van der Waals surface area contributed by atoms with Crippen LogP contribution in [0.2, 0.25) is 0 Å². The van der Waals surface area contributed by atoms with E-state index in [2.05, 4.69) is 15.6 Å². The summed E-state index contributed by atoms with van der Waals surface area (Å²) in [6.45, 7) is -0.00945. The molecule has 34 heavy (non-hydrogen) atoms. The van der Waals surface area contributed by atoms with Gasteiger partial charge in [0.05, 0.1) is 17.7 Å². The number of para-hydroxylation sites is 4. The molecule has 3 aromatic carbocycles. The molecule has 0 bridgehead atoms. The molecule has 10 nitrogen and oxygen atoms in total. The average Bonchev–Trinajstić information content (AvgIpc) is 2.87. The maximum absolute atomic E-state index is 12.7. The molecule has 0 spiro atoms. The van der Waals surface area contributed by atoms with Gasteiger partial charge in [-0.2, -0.15) is 0 Å². The van der Waals surface area contributed by atoms with Gasteiger partial charge in [-0.3, -0.25) is 25.2 Å². The van der Waals surface area contributed by atoms with Crippen molar-refractivity contribution in [3.8, 4) is 17.2 Å². The van der Waals surface area contributed by atoms with E-state index in [-0.39, 0.29) is 22.8 Å². The van der Waals surface area contributed by atoms with E-state index >= 15 is 0 Å². The first kappa shape index (κ1) is 22.9. The van der Waals surface area contributed by atoms with E-state index in [4.69, 9.17) is 14.2 Å². The van der Waals surface area contributed by atoms with Crippen LogP contribution >= 0.6 is 0 Å². The maximum Gasteiger partial charge on any atom is 0.283 e. The minimum absolute atomic E-state index is 0.00945. The van der Waals surface area contributed by atoms with E-state index in [9.17, 15) is 18.0 Å². The molecule has 176 valence electrons. The Balaban J connectivity index is 1.35. The number of nitrogens with one attached hydrogen (secondary N) is 3. The maximum atomic E-state index is 12.7. The summed E-state index contributed by atoms with van der Waals surface area (Å²) >= 11 is 0. The zero-order chi connectivity index (χ0) is 24.1. The number of rotatable bonds is 6. The molecule has 0 aliphatic carbocycles. The highest BCUT2D eigenvalue weighted by molar-refractivity contribution is 7.92. The highest BCUT2D eigenvalue weighted by Gasteiger charge is 2.27. The number of carbonyl (C=O) groups excluding carboxylic acids is 2. The Morgan fingerprint density at radius 1 is 0.912 bits per heavy atom. The van der Waals surface area contributed by atoms with E-state index in [1.807, 2.05) is 0 Å². The number of hydrazine groups is 1. The van der Waals surface area contributed by atoms with Crippen molar-refractivity contribution in [1.82, 2.24) is 10.9 Å². The van der Waals surface area contributed by atoms with Crippen LogP contribution in [0, 0.1) is 0 Å². The predicted octanol–water partition coefficient (Wildman–Crippen LogP) is 2.10. The van der Waals surface area contributed by atoms with Gasteiger partial charge in [0.2, 0.25) is 6.10 Å². The molecule has 1 heterocycles. The number of fused-ring (bicyclic) bond motifs is 1. The second kappa shape index (κ2) is 9.71. The van der Waals surface area contributed by atoms with Gasteiger partial charge in [0.1, 0.15) is 12.4 Å². The lowest BCUT2D eigenvalue weighted by molar-refractivity contribution is -0.131. The number of benzene rings is 3. The van der Waals surface area contributed by atoms with Crippen molar-refractivity contribution in [3.63, 3.8) is 0 Å². The molecule has 1 aliphatic rings. The van der Waals surface area contributed by atoms with Crippen molar-refractivity contribution in [1.29, 1.82) is 0 Å². The lowest BCUT2D eigenvalue weighted by Crippen LogP contribution is -2.50. The molecule has 3 aromatic rings. The predicted molar refractivity (Wildman–Crippen MR) is 122 cm³/mol. The topological polar surface area (TPSA) is 132 Å². The fourth-order valence-electron chi connectivity index (χ4n) is 3.14. The van der Waals surface area contributed by atoms with Crippen LogP contribution in [0.25, 0.3) is 0 Å². The first-order chi connectivity index (χ1) is 16.4. The van der Waals surface area contributed by atoms with Crippen LogP contribution in [0.15, 0.2) is 77.7 Å². The van der Waals surface area contributed by atoms with Crippen LogP contribution in [-0.4, -0.2) is 40.1 Å². The number of carbonyl (C=O) groups is 2. The standard InChI is InChI=1S/C23H21N3O7S/c1-31-18-7-3-2-6-17(18)26-34(29,30)16-12-10-15(11-13-16)22(27)24-25-23(28)21-14-32-19-8-4-5-9-20(19)33-21/h2-13,21,26H,14H2,1H3,(H,24,27)(H,25,28)/t21-/m1/s1. The third kappa shape index (κ3) is 5.04. The van der Waals surface area contributed by atoms with Gasteiger partial charge >= 0.3 is 0 Å². The molecule has 4 rings (SSSR count). The van der Waals surface area contributed by atoms with Crippen molar-refractivity contribution >= 4 is 27.5 Å². The highest BCUT2D eigenvalue weighted by atomic mass is 32.2. The summed E-state index contributed by atoms with van der Waals surface area (Å²) in [5, 5.41) is 0. The number of hydrogen-bond acceptors (Lipinski definition) is 7. The third-order valence-electron chi connectivity index (χ3n) is 4.88. The van der Waals surface area contributed by atoms with Crippen molar-refractivity contribution in [2.45, 2.75) is 11.0 Å². The first-order valence-electron chi connectivity index (χ1n) is 10.1. The Bertz CT molecular complexity index is 1310. The highest BCUT2D eigenvalue weighted by Crippen LogP contribution is 2.31. The van der Waals surface area contributed by atoms with E-state index in [1.54, 1.807) is 48.5 Å². The minimum Gasteiger partial charge on any atom is -0.495 e. The molecule has 0 fully saturated rings. The van der Waals surface area contributed by atoms with Crippen LogP contribution in [0.1, 0.15) is 10.4 Å². The second-order valence-electron chi connectivity index (χ2n) is 7.14. The smallest absolute Gasteiger partial charge is 0.283 e. The van der Waals surface area contributed by atoms with Crippen molar-refractivity contribution in [2.24, 2.45) is 0 Å². The summed E-state index contributed by atoms with van der Waals surface area (Å²) in [6.07, 6.45) is -0.941. The summed E-state index contributed by atoms with van der Waals surface area (Å²) in [5.74, 6) is 0.105. The number of hydrogen-bond donors (Lipinski definition) is 3. The van der Waals surface area contributed by atoms with E-state index < -0.39 is 27.9 Å². The Morgan fingerprint density at radius 2 is 1.59 bits per heavy atom. The number of ether oxygens (including phenoxy) is 3. The monoisotopic (exact) mass is 483 g/mol. The Kier molecular flexibility index (Phi) is 6.55. The van der Waals surface area contributed by atoms with Gasteiger partial charge in [-0.1, -0.05) is 24.3 Å². The van der Waals surface area contributed by atoms with E-state index in [0.29, 0.717) is 17.2 Å². The quantitative estimate of drug-likeness (QED) is 0.458. The van der Waals surface area contributed by atoms with Gasteiger partial charge in [0, 0.05) is 5.56 Å². The molecule has 0 saturated heterocycles. The van der Waals surface area contributed by atoms with Crippen LogP contribution in [0.4, 0.5) is 5.69 Å². The van der Waals surface area contributed by atoms with Gasteiger partial charge in [-0.15, -0.1) is 0 Å². The van der Waals surface area contributed by atoms with Crippen LogP contribution in [0.5, 0.6) is 17.2 Å². The molecule has 0 aromatic heterocycles. The van der Waals surface area contributed by atoms with Crippen molar-refractivity contribution in [3.05, 3.63) is 78.4 Å². The second-order valence-corrected chi connectivity index (χ2v) is 8.82. The molecule has 2 amide bonds. The molecule has 0 saturated carbocycles. The van der Waals surface area contributed by atoms with Crippen LogP contribution < -0.4 is 29.8 Å². The Hall–Kier alpha value is -4.25. The molecule has 3 N–H and O–H groups in total. The van der Waals surface area contributed by atoms with Gasteiger partial charge in [-0.25, -0.2) is 8.42 Å². The minimum atomic E-state index is -3.91. The SMILES string of the molecule is COc1ccccc1NS(=O)(=O)c1ccc(C(=O)NNC(=O)[C@H]2COc3ccccc3O2)cc1. The molecule has 0 radical (unpaired) electrons. The van der Waals surface area contributed by atoms with Gasteiger partial charge in [0.25, 0.3) is 21.8 Å². The fraction of sp³-hybridized carbons (Fsp3) is 0.130. The molecule has 1 atom stereocenters. The summed E-state index contributed by atoms with van der Waals surface area (Å²) in [7, 11) is -2.48. The van der Waals surface area contributed by atoms with Crippen LogP contribution in [-0.2, 0) is 14.8 Å².